The number of pyridine rings is 1. The number of amides is 1. The van der Waals surface area contributed by atoms with E-state index in [1.54, 1.807) is 24.6 Å². The summed E-state index contributed by atoms with van der Waals surface area (Å²) in [6.07, 6.45) is 5.27. The van der Waals surface area contributed by atoms with Gasteiger partial charge in [-0.2, -0.15) is 5.10 Å². The Morgan fingerprint density at radius 3 is 3.08 bits per heavy atom. The maximum absolute atomic E-state index is 13.0. The fourth-order valence-corrected chi connectivity index (χ4v) is 3.49. The van der Waals surface area contributed by atoms with Crippen molar-refractivity contribution in [2.24, 2.45) is 0 Å². The first-order chi connectivity index (χ1) is 12.1. The van der Waals surface area contributed by atoms with Crippen molar-refractivity contribution in [2.75, 3.05) is 13.1 Å². The number of rotatable bonds is 3. The van der Waals surface area contributed by atoms with Gasteiger partial charge in [-0.1, -0.05) is 13.8 Å². The van der Waals surface area contributed by atoms with Crippen molar-refractivity contribution in [2.45, 2.75) is 38.5 Å². The smallest absolute Gasteiger partial charge is 0.273 e. The van der Waals surface area contributed by atoms with Crippen LogP contribution in [0.15, 0.2) is 35.1 Å². The number of nitrogens with one attached hydrogen (secondary N) is 1. The fourth-order valence-electron chi connectivity index (χ4n) is 3.49. The van der Waals surface area contributed by atoms with Gasteiger partial charge in [0, 0.05) is 30.9 Å². The molecule has 25 heavy (non-hydrogen) atoms. The normalized spacial score (nSPS) is 18.2. The Balaban J connectivity index is 1.56. The van der Waals surface area contributed by atoms with Crippen LogP contribution in [0.1, 0.15) is 60.4 Å². The van der Waals surface area contributed by atoms with Crippen molar-refractivity contribution in [3.8, 4) is 0 Å². The lowest BCUT2D eigenvalue weighted by Gasteiger charge is -2.32. The average Bonchev–Trinajstić information content (AvgIpc) is 3.30. The minimum atomic E-state index is -0.0275. The third kappa shape index (κ3) is 2.92. The second kappa shape index (κ2) is 6.35. The van der Waals surface area contributed by atoms with Crippen LogP contribution in [0.25, 0.3) is 11.0 Å². The van der Waals surface area contributed by atoms with Crippen molar-refractivity contribution in [3.05, 3.63) is 47.7 Å². The zero-order chi connectivity index (χ0) is 17.4. The lowest BCUT2D eigenvalue weighted by atomic mass is 9.93. The summed E-state index contributed by atoms with van der Waals surface area (Å²) in [7, 11) is 0. The number of H-pyrrole nitrogens is 1. The first-order valence-electron chi connectivity index (χ1n) is 8.80. The van der Waals surface area contributed by atoms with E-state index in [-0.39, 0.29) is 5.91 Å². The van der Waals surface area contributed by atoms with E-state index < -0.39 is 0 Å². The first kappa shape index (κ1) is 15.9. The summed E-state index contributed by atoms with van der Waals surface area (Å²) >= 11 is 0. The third-order valence-corrected chi connectivity index (χ3v) is 4.94. The Kier molecular flexibility index (Phi) is 4.03. The van der Waals surface area contributed by atoms with Crippen molar-refractivity contribution in [1.82, 2.24) is 20.1 Å². The molecule has 0 saturated carbocycles. The molecule has 1 atom stereocenters. The Hall–Kier alpha value is -2.63. The minimum Gasteiger partial charge on any atom is -0.464 e. The number of aromatic nitrogens is 3. The van der Waals surface area contributed by atoms with Gasteiger partial charge in [0.1, 0.15) is 11.3 Å². The van der Waals surface area contributed by atoms with Crippen molar-refractivity contribution < 1.29 is 9.21 Å². The summed E-state index contributed by atoms with van der Waals surface area (Å²) in [6.45, 7) is 5.71. The van der Waals surface area contributed by atoms with Crippen LogP contribution in [-0.2, 0) is 0 Å². The van der Waals surface area contributed by atoms with Gasteiger partial charge in [-0.25, -0.2) is 0 Å². The standard InChI is InChI=1S/C19H22N4O2/c1-12(2)15-10-16(22-21-15)13-4-3-8-23(11-13)19(24)18-14-6-9-25-17(14)5-7-20-18/h5-7,9-10,12-13H,3-4,8,11H2,1-2H3,(H,21,22). The van der Waals surface area contributed by atoms with Gasteiger partial charge in [0.25, 0.3) is 5.91 Å². The number of nitrogens with zero attached hydrogens (tertiary/aromatic N) is 3. The quantitative estimate of drug-likeness (QED) is 0.790. The third-order valence-electron chi connectivity index (χ3n) is 4.94. The number of carbonyl (C=O) groups excluding carboxylic acids is 1. The second-order valence-electron chi connectivity index (χ2n) is 6.99. The van der Waals surface area contributed by atoms with Crippen molar-refractivity contribution in [3.63, 3.8) is 0 Å². The van der Waals surface area contributed by atoms with E-state index in [4.69, 9.17) is 4.42 Å². The van der Waals surface area contributed by atoms with Gasteiger partial charge in [-0.15, -0.1) is 0 Å². The van der Waals surface area contributed by atoms with E-state index in [0.29, 0.717) is 29.7 Å². The maximum atomic E-state index is 13.0. The summed E-state index contributed by atoms with van der Waals surface area (Å²) < 4.78 is 5.39. The van der Waals surface area contributed by atoms with Gasteiger partial charge in [0.05, 0.1) is 17.3 Å². The topological polar surface area (TPSA) is 75.0 Å². The first-order valence-corrected chi connectivity index (χ1v) is 8.80. The zero-order valence-electron chi connectivity index (χ0n) is 14.5. The number of hydrogen-bond donors (Lipinski definition) is 1. The molecular formula is C19H22N4O2. The van der Waals surface area contributed by atoms with Crippen LogP contribution in [-0.4, -0.2) is 39.1 Å². The van der Waals surface area contributed by atoms with Gasteiger partial charge in [0.15, 0.2) is 0 Å². The van der Waals surface area contributed by atoms with Crippen LogP contribution in [0.4, 0.5) is 0 Å². The summed E-state index contributed by atoms with van der Waals surface area (Å²) in [5.41, 5.74) is 3.36. The Morgan fingerprint density at radius 1 is 1.40 bits per heavy atom. The van der Waals surface area contributed by atoms with Crippen molar-refractivity contribution >= 4 is 16.9 Å². The number of carbonyl (C=O) groups is 1. The Bertz CT molecular complexity index is 896. The van der Waals surface area contributed by atoms with Gasteiger partial charge in [0.2, 0.25) is 0 Å². The van der Waals surface area contributed by atoms with Crippen LogP contribution in [0, 0.1) is 0 Å². The van der Waals surface area contributed by atoms with Crippen LogP contribution in [0.3, 0.4) is 0 Å². The zero-order valence-corrected chi connectivity index (χ0v) is 14.5. The van der Waals surface area contributed by atoms with E-state index in [0.717, 1.165) is 36.2 Å². The van der Waals surface area contributed by atoms with Crippen LogP contribution in [0.5, 0.6) is 0 Å². The van der Waals surface area contributed by atoms with Gasteiger partial charge >= 0.3 is 0 Å². The Morgan fingerprint density at radius 2 is 2.28 bits per heavy atom. The molecule has 1 aliphatic heterocycles. The Labute approximate surface area is 146 Å². The molecule has 6 nitrogen and oxygen atoms in total. The SMILES string of the molecule is CC(C)c1cc(C2CCCN(C(=O)c3nccc4occc34)C2)[nH]n1. The molecule has 1 amide bonds. The molecule has 3 aromatic heterocycles. The number of hydrogen-bond acceptors (Lipinski definition) is 4. The molecule has 1 fully saturated rings. The van der Waals surface area contributed by atoms with E-state index in [1.807, 2.05) is 4.90 Å². The summed E-state index contributed by atoms with van der Waals surface area (Å²) in [5, 5.41) is 8.34. The monoisotopic (exact) mass is 338 g/mol. The highest BCUT2D eigenvalue weighted by Gasteiger charge is 2.28. The molecule has 0 aromatic carbocycles. The van der Waals surface area contributed by atoms with E-state index in [9.17, 15) is 4.79 Å². The van der Waals surface area contributed by atoms with Crippen LogP contribution in [0.2, 0.25) is 0 Å². The average molecular weight is 338 g/mol. The molecule has 1 aliphatic rings. The van der Waals surface area contributed by atoms with E-state index >= 15 is 0 Å². The molecule has 0 spiro atoms. The highest BCUT2D eigenvalue weighted by atomic mass is 16.3. The molecule has 0 bridgehead atoms. The molecule has 1 unspecified atom stereocenters. The van der Waals surface area contributed by atoms with Gasteiger partial charge < -0.3 is 9.32 Å². The fraction of sp³-hybridized carbons (Fsp3) is 0.421. The molecule has 4 rings (SSSR count). The molecule has 130 valence electrons. The number of aromatic amines is 1. The summed E-state index contributed by atoms with van der Waals surface area (Å²) in [6, 6.07) is 5.72. The van der Waals surface area contributed by atoms with Crippen LogP contribution >= 0.6 is 0 Å². The molecule has 1 N–H and O–H groups in total. The van der Waals surface area contributed by atoms with E-state index in [1.165, 1.54) is 0 Å². The largest absolute Gasteiger partial charge is 0.464 e. The van der Waals surface area contributed by atoms with Gasteiger partial charge in [-0.05, 0) is 37.0 Å². The lowest BCUT2D eigenvalue weighted by Crippen LogP contribution is -2.39. The highest BCUT2D eigenvalue weighted by Crippen LogP contribution is 2.29. The number of fused-ring (bicyclic) bond motifs is 1. The molecular weight excluding hydrogens is 316 g/mol. The minimum absolute atomic E-state index is 0.0275. The van der Waals surface area contributed by atoms with Crippen LogP contribution < -0.4 is 0 Å². The molecule has 6 heteroatoms. The number of likely N-dealkylation sites (tertiary alicyclic amines) is 1. The number of furan rings is 1. The molecule has 0 radical (unpaired) electrons. The predicted molar refractivity (Wildman–Crippen MR) is 94.6 cm³/mol. The highest BCUT2D eigenvalue weighted by molar-refractivity contribution is 6.04. The van der Waals surface area contributed by atoms with Crippen molar-refractivity contribution in [1.29, 1.82) is 0 Å². The predicted octanol–water partition coefficient (Wildman–Crippen LogP) is 3.69. The van der Waals surface area contributed by atoms with Gasteiger partial charge in [-0.3, -0.25) is 14.9 Å². The maximum Gasteiger partial charge on any atom is 0.273 e. The number of piperidine rings is 1. The molecule has 0 aliphatic carbocycles. The summed E-state index contributed by atoms with van der Waals surface area (Å²) in [4.78, 5) is 19.2. The lowest BCUT2D eigenvalue weighted by molar-refractivity contribution is 0.0702. The van der Waals surface area contributed by atoms with E-state index in [2.05, 4.69) is 35.1 Å². The second-order valence-corrected chi connectivity index (χ2v) is 6.99. The molecule has 3 aromatic rings. The molecule has 4 heterocycles. The molecule has 1 saturated heterocycles. The summed E-state index contributed by atoms with van der Waals surface area (Å²) in [5.74, 6) is 0.663.